The molecule has 0 aliphatic heterocycles. The van der Waals surface area contributed by atoms with Crippen LogP contribution in [0.1, 0.15) is 41.5 Å². The largest absolute Gasteiger partial charge is 0.569 e. The monoisotopic (exact) mass is 334 g/mol. The Morgan fingerprint density at radius 1 is 1.30 bits per heavy atom. The third kappa shape index (κ3) is 9.38. The van der Waals surface area contributed by atoms with Crippen molar-refractivity contribution in [2.45, 2.75) is 53.2 Å². The van der Waals surface area contributed by atoms with Gasteiger partial charge in [0.1, 0.15) is 11.6 Å². The fourth-order valence-corrected chi connectivity index (χ4v) is 1.34. The minimum absolute atomic E-state index is 0.274. The molecule has 0 radical (unpaired) electrons. The van der Waals surface area contributed by atoms with E-state index in [1.807, 2.05) is 0 Å². The molecule has 0 spiro atoms. The lowest BCUT2D eigenvalue weighted by Gasteiger charge is -2.21. The third-order valence-corrected chi connectivity index (χ3v) is 2.44. The van der Waals surface area contributed by atoms with Gasteiger partial charge in [-0.05, 0) is 41.5 Å². The number of hydrogen-bond donors (Lipinski definition) is 1. The summed E-state index contributed by atoms with van der Waals surface area (Å²) >= 11 is 0. The second kappa shape index (κ2) is 9.70. The fraction of sp³-hybridized carbons (Fsp3) is 0.846. The Morgan fingerprint density at radius 2 is 1.87 bits per heavy atom. The van der Waals surface area contributed by atoms with Gasteiger partial charge in [0.2, 0.25) is 5.28 Å². The molecule has 0 aromatic heterocycles. The summed E-state index contributed by atoms with van der Waals surface area (Å²) < 4.78 is 9.73. The number of hydrogen-bond acceptors (Lipinski definition) is 7. The summed E-state index contributed by atoms with van der Waals surface area (Å²) in [5.74, 6) is -0.744. The van der Waals surface area contributed by atoms with E-state index in [1.165, 1.54) is 11.9 Å². The van der Waals surface area contributed by atoms with Gasteiger partial charge in [0, 0.05) is 0 Å². The maximum atomic E-state index is 11.6. The maximum absolute atomic E-state index is 11.6. The Kier molecular flexibility index (Phi) is 8.74. The summed E-state index contributed by atoms with van der Waals surface area (Å²) in [5.41, 5.74) is -0.669. The number of rotatable bonds is 8. The smallest absolute Gasteiger partial charge is 0.408 e. The predicted molar refractivity (Wildman–Crippen MR) is 79.9 cm³/mol. The molecule has 134 valence electrons. The van der Waals surface area contributed by atoms with E-state index < -0.39 is 30.5 Å². The van der Waals surface area contributed by atoms with Crippen molar-refractivity contribution in [3.05, 3.63) is 5.21 Å². The first-order valence-electron chi connectivity index (χ1n) is 7.31. The van der Waals surface area contributed by atoms with Gasteiger partial charge in [-0.3, -0.25) is 0 Å². The molecule has 1 N–H and O–H groups in total. The molecule has 0 aromatic carbocycles. The lowest BCUT2D eigenvalue weighted by atomic mass is 10.2. The van der Waals surface area contributed by atoms with Crippen LogP contribution >= 0.6 is 0 Å². The number of carbonyl (C=O) groups excluding carboxylic acids is 2. The van der Waals surface area contributed by atoms with E-state index in [-0.39, 0.29) is 4.97 Å². The number of amides is 1. The van der Waals surface area contributed by atoms with E-state index in [2.05, 4.69) is 15.4 Å². The van der Waals surface area contributed by atoms with Crippen LogP contribution in [0.25, 0.3) is 0 Å². The predicted octanol–water partition coefficient (Wildman–Crippen LogP) is 1.55. The Morgan fingerprint density at radius 3 is 2.35 bits per heavy atom. The summed E-state index contributed by atoms with van der Waals surface area (Å²) in [6, 6.07) is -0.931. The van der Waals surface area contributed by atoms with E-state index in [4.69, 9.17) is 9.47 Å². The van der Waals surface area contributed by atoms with Crippen molar-refractivity contribution >= 4 is 12.1 Å². The topological polar surface area (TPSA) is 116 Å². The molecule has 0 saturated heterocycles. The highest BCUT2D eigenvalue weighted by Crippen LogP contribution is 2.06. The average molecular weight is 334 g/mol. The van der Waals surface area contributed by atoms with Crippen LogP contribution in [0.2, 0.25) is 0 Å². The first-order chi connectivity index (χ1) is 10.6. The van der Waals surface area contributed by atoms with Crippen LogP contribution in [-0.4, -0.2) is 53.6 Å². The quantitative estimate of drug-likeness (QED) is 0.179. The molecule has 0 saturated carbocycles. The highest BCUT2D eigenvalue weighted by atomic mass is 16.8. The van der Waals surface area contributed by atoms with Gasteiger partial charge in [-0.25, -0.2) is 9.59 Å². The van der Waals surface area contributed by atoms with Crippen LogP contribution in [0.4, 0.5) is 4.79 Å². The van der Waals surface area contributed by atoms with Gasteiger partial charge in [0.05, 0.1) is 18.1 Å². The molecule has 10 nitrogen and oxygen atoms in total. The van der Waals surface area contributed by atoms with E-state index in [0.717, 1.165) is 0 Å². The number of carbonyl (C=O) groups is 2. The molecule has 0 aliphatic rings. The Labute approximate surface area is 135 Å². The Hall–Kier alpha value is -2.26. The number of ether oxygens (including phenoxy) is 2. The SMILES string of the molecule is CCN(CC)/[N+]([O-])=N/OCOC(=O)C(C)NC(=O)OC(C)(C)C. The Balaban J connectivity index is 4.15. The van der Waals surface area contributed by atoms with Crippen LogP contribution in [0, 0.1) is 5.21 Å². The first kappa shape index (κ1) is 20.7. The number of esters is 1. The van der Waals surface area contributed by atoms with Gasteiger partial charge < -0.3 is 24.8 Å². The highest BCUT2D eigenvalue weighted by Gasteiger charge is 2.22. The maximum Gasteiger partial charge on any atom is 0.408 e. The highest BCUT2D eigenvalue weighted by molar-refractivity contribution is 5.80. The van der Waals surface area contributed by atoms with Gasteiger partial charge in [-0.2, -0.15) is 0 Å². The van der Waals surface area contributed by atoms with Gasteiger partial charge >= 0.3 is 12.1 Å². The van der Waals surface area contributed by atoms with E-state index >= 15 is 0 Å². The average Bonchev–Trinajstić information content (AvgIpc) is 2.42. The normalized spacial score (nSPS) is 13.0. The molecule has 1 amide bonds. The summed E-state index contributed by atoms with van der Waals surface area (Å²) in [4.78, 5) is 28.0. The molecule has 0 aliphatic carbocycles. The van der Waals surface area contributed by atoms with Gasteiger partial charge in [-0.1, -0.05) is 0 Å². The minimum atomic E-state index is -0.931. The van der Waals surface area contributed by atoms with Gasteiger partial charge in [0.15, 0.2) is 0 Å². The molecule has 1 unspecified atom stereocenters. The van der Waals surface area contributed by atoms with Crippen LogP contribution in [0.15, 0.2) is 5.28 Å². The molecule has 0 fully saturated rings. The van der Waals surface area contributed by atoms with E-state index in [1.54, 1.807) is 34.6 Å². The lowest BCUT2D eigenvalue weighted by molar-refractivity contribution is -0.710. The molecule has 10 heteroatoms. The zero-order chi connectivity index (χ0) is 18.0. The van der Waals surface area contributed by atoms with E-state index in [9.17, 15) is 14.8 Å². The lowest BCUT2D eigenvalue weighted by Crippen LogP contribution is -2.42. The second-order valence-corrected chi connectivity index (χ2v) is 5.55. The van der Waals surface area contributed by atoms with Crippen molar-refractivity contribution in [2.24, 2.45) is 5.28 Å². The third-order valence-electron chi connectivity index (χ3n) is 2.44. The standard InChI is InChI=1S/C13H26N4O6/c1-7-16(8-2)17(20)15-22-9-21-11(18)10(3)14-12(19)23-13(4,5)6/h10H,7-9H2,1-6H3,(H,14,19)/b17-15-. The summed E-state index contributed by atoms with van der Waals surface area (Å²) in [6.45, 7) is 10.5. The number of nitrogens with zero attached hydrogens (tertiary/aromatic N) is 3. The summed E-state index contributed by atoms with van der Waals surface area (Å²) in [7, 11) is 0. The van der Waals surface area contributed by atoms with Crippen molar-refractivity contribution in [2.75, 3.05) is 19.9 Å². The van der Waals surface area contributed by atoms with Crippen molar-refractivity contribution in [1.29, 1.82) is 0 Å². The minimum Gasteiger partial charge on any atom is -0.569 e. The fourth-order valence-electron chi connectivity index (χ4n) is 1.34. The molecule has 0 heterocycles. The molecule has 1 atom stereocenters. The van der Waals surface area contributed by atoms with Crippen LogP contribution in [0.3, 0.4) is 0 Å². The van der Waals surface area contributed by atoms with Crippen molar-refractivity contribution in [3.8, 4) is 0 Å². The number of alkyl carbamates (subject to hydrolysis) is 1. The molecule has 0 bridgehead atoms. The first-order valence-corrected chi connectivity index (χ1v) is 7.31. The zero-order valence-corrected chi connectivity index (χ0v) is 14.5. The van der Waals surface area contributed by atoms with Gasteiger partial charge in [-0.15, -0.1) is 5.01 Å². The Bertz CT molecular complexity index is 417. The second-order valence-electron chi connectivity index (χ2n) is 5.55. The number of nitrogens with one attached hydrogen (secondary N) is 1. The molecule has 0 aromatic rings. The summed E-state index contributed by atoms with van der Waals surface area (Å²) in [5, 5.41) is 18.3. The van der Waals surface area contributed by atoms with Crippen molar-refractivity contribution in [3.63, 3.8) is 0 Å². The van der Waals surface area contributed by atoms with E-state index in [0.29, 0.717) is 13.1 Å². The summed E-state index contributed by atoms with van der Waals surface area (Å²) in [6.07, 6.45) is -0.736. The molecule has 23 heavy (non-hydrogen) atoms. The number of hydrazine groups is 1. The van der Waals surface area contributed by atoms with Crippen molar-refractivity contribution < 1.29 is 28.9 Å². The van der Waals surface area contributed by atoms with Crippen molar-refractivity contribution in [1.82, 2.24) is 10.3 Å². The zero-order valence-electron chi connectivity index (χ0n) is 14.5. The molecular weight excluding hydrogens is 308 g/mol. The van der Waals surface area contributed by atoms with Crippen LogP contribution < -0.4 is 5.32 Å². The van der Waals surface area contributed by atoms with Crippen LogP contribution in [0.5, 0.6) is 0 Å². The van der Waals surface area contributed by atoms with Crippen LogP contribution in [-0.2, 0) is 19.1 Å². The van der Waals surface area contributed by atoms with Gasteiger partial charge in [0.25, 0.3) is 6.79 Å². The molecular formula is C13H26N4O6. The molecule has 0 rings (SSSR count).